The maximum Gasteiger partial charge on any atom is 0.223 e. The lowest BCUT2D eigenvalue weighted by molar-refractivity contribution is -0.135. The van der Waals surface area contributed by atoms with Crippen LogP contribution in [0.5, 0.6) is 5.75 Å². The van der Waals surface area contributed by atoms with Crippen LogP contribution in [0.25, 0.3) is 0 Å². The molecular formula is C20H32BrNO2. The lowest BCUT2D eigenvalue weighted by Gasteiger charge is -2.30. The lowest BCUT2D eigenvalue weighted by atomic mass is 9.87. The van der Waals surface area contributed by atoms with Crippen LogP contribution in [0, 0.1) is 0 Å². The first-order chi connectivity index (χ1) is 11.0. The van der Waals surface area contributed by atoms with Gasteiger partial charge < -0.3 is 9.64 Å². The third kappa shape index (κ3) is 6.12. The fourth-order valence-corrected chi connectivity index (χ4v) is 3.28. The van der Waals surface area contributed by atoms with E-state index in [2.05, 4.69) is 76.5 Å². The molecule has 0 aliphatic carbocycles. The summed E-state index contributed by atoms with van der Waals surface area (Å²) in [4.78, 5) is 14.3. The second kappa shape index (κ2) is 8.89. The Morgan fingerprint density at radius 1 is 1.17 bits per heavy atom. The molecule has 0 heterocycles. The quantitative estimate of drug-likeness (QED) is 0.564. The molecule has 4 heteroatoms. The minimum atomic E-state index is 0.116. The molecule has 1 rings (SSSR count). The maximum absolute atomic E-state index is 12.3. The van der Waals surface area contributed by atoms with Gasteiger partial charge in [-0.15, -0.1) is 0 Å². The van der Waals surface area contributed by atoms with Gasteiger partial charge in [0.2, 0.25) is 5.91 Å². The standard InChI is InChI=1S/C20H32BrNO2/c1-14(2)22(15(3)4)19(23)9-8-12-24-18-11-10-16(13-17(18)21)20(5,6)7/h10-11,13-15H,8-9,12H2,1-7H3. The molecule has 0 atom stereocenters. The molecule has 0 fully saturated rings. The molecule has 0 radical (unpaired) electrons. The molecule has 0 spiro atoms. The van der Waals surface area contributed by atoms with Crippen molar-refractivity contribution in [2.75, 3.05) is 6.61 Å². The third-order valence-corrected chi connectivity index (χ3v) is 4.61. The molecule has 0 aliphatic rings. The lowest BCUT2D eigenvalue weighted by Crippen LogP contribution is -2.42. The van der Waals surface area contributed by atoms with Gasteiger partial charge in [0, 0.05) is 18.5 Å². The van der Waals surface area contributed by atoms with Gasteiger partial charge in [0.05, 0.1) is 11.1 Å². The van der Waals surface area contributed by atoms with Gasteiger partial charge in [-0.3, -0.25) is 4.79 Å². The van der Waals surface area contributed by atoms with Gasteiger partial charge in [-0.1, -0.05) is 26.8 Å². The monoisotopic (exact) mass is 397 g/mol. The van der Waals surface area contributed by atoms with E-state index in [4.69, 9.17) is 4.74 Å². The van der Waals surface area contributed by atoms with Crippen LogP contribution in [0.4, 0.5) is 0 Å². The van der Waals surface area contributed by atoms with E-state index in [0.29, 0.717) is 13.0 Å². The van der Waals surface area contributed by atoms with Gasteiger partial charge in [0.1, 0.15) is 5.75 Å². The van der Waals surface area contributed by atoms with E-state index in [0.717, 1.165) is 16.6 Å². The van der Waals surface area contributed by atoms with Crippen molar-refractivity contribution >= 4 is 21.8 Å². The second-order valence-corrected chi connectivity index (χ2v) is 8.69. The number of carbonyl (C=O) groups is 1. The Balaban J connectivity index is 2.52. The van der Waals surface area contributed by atoms with Crippen LogP contribution in [0.3, 0.4) is 0 Å². The summed E-state index contributed by atoms with van der Waals surface area (Å²) < 4.78 is 6.80. The molecule has 24 heavy (non-hydrogen) atoms. The summed E-state index contributed by atoms with van der Waals surface area (Å²) in [6.07, 6.45) is 1.25. The highest BCUT2D eigenvalue weighted by molar-refractivity contribution is 9.10. The minimum Gasteiger partial charge on any atom is -0.492 e. The number of nitrogens with zero attached hydrogens (tertiary/aromatic N) is 1. The van der Waals surface area contributed by atoms with E-state index in [-0.39, 0.29) is 23.4 Å². The zero-order valence-corrected chi connectivity index (χ0v) is 17.7. The number of carbonyl (C=O) groups excluding carboxylic acids is 1. The van der Waals surface area contributed by atoms with Gasteiger partial charge in [0.25, 0.3) is 0 Å². The summed E-state index contributed by atoms with van der Waals surface area (Å²) in [7, 11) is 0. The van der Waals surface area contributed by atoms with Crippen LogP contribution in [0.15, 0.2) is 22.7 Å². The van der Waals surface area contributed by atoms with Crippen molar-refractivity contribution in [2.45, 2.75) is 78.8 Å². The van der Waals surface area contributed by atoms with Crippen molar-refractivity contribution < 1.29 is 9.53 Å². The van der Waals surface area contributed by atoms with Crippen molar-refractivity contribution in [2.24, 2.45) is 0 Å². The largest absolute Gasteiger partial charge is 0.492 e. The molecule has 3 nitrogen and oxygen atoms in total. The average Bonchev–Trinajstić information content (AvgIpc) is 2.42. The highest BCUT2D eigenvalue weighted by atomic mass is 79.9. The first kappa shape index (κ1) is 21.0. The fourth-order valence-electron chi connectivity index (χ4n) is 2.79. The molecule has 0 bridgehead atoms. The van der Waals surface area contributed by atoms with Gasteiger partial charge in [-0.05, 0) is 73.2 Å². The van der Waals surface area contributed by atoms with Crippen LogP contribution in [0.1, 0.15) is 66.9 Å². The molecule has 0 aliphatic heterocycles. The topological polar surface area (TPSA) is 29.5 Å². The maximum atomic E-state index is 12.3. The van der Waals surface area contributed by atoms with Crippen molar-refractivity contribution in [3.8, 4) is 5.75 Å². The Bertz CT molecular complexity index is 539. The normalized spacial score (nSPS) is 11.9. The highest BCUT2D eigenvalue weighted by Gasteiger charge is 2.19. The summed E-state index contributed by atoms with van der Waals surface area (Å²) in [5, 5.41) is 0. The number of benzene rings is 1. The van der Waals surface area contributed by atoms with Crippen LogP contribution in [-0.2, 0) is 10.2 Å². The minimum absolute atomic E-state index is 0.116. The van der Waals surface area contributed by atoms with Gasteiger partial charge in [0.15, 0.2) is 0 Å². The van der Waals surface area contributed by atoms with E-state index in [9.17, 15) is 4.79 Å². The Kier molecular flexibility index (Phi) is 7.78. The summed E-state index contributed by atoms with van der Waals surface area (Å²) in [5.41, 5.74) is 1.38. The highest BCUT2D eigenvalue weighted by Crippen LogP contribution is 2.31. The molecule has 0 unspecified atom stereocenters. The Morgan fingerprint density at radius 3 is 2.21 bits per heavy atom. The summed E-state index contributed by atoms with van der Waals surface area (Å²) in [6, 6.07) is 6.68. The molecule has 136 valence electrons. The molecule has 0 N–H and O–H groups in total. The van der Waals surface area contributed by atoms with E-state index in [1.165, 1.54) is 5.56 Å². The van der Waals surface area contributed by atoms with Gasteiger partial charge in [-0.2, -0.15) is 0 Å². The van der Waals surface area contributed by atoms with Gasteiger partial charge >= 0.3 is 0 Å². The number of hydrogen-bond acceptors (Lipinski definition) is 2. The Labute approximate surface area is 155 Å². The molecule has 0 aromatic heterocycles. The summed E-state index contributed by atoms with van der Waals surface area (Å²) >= 11 is 3.58. The van der Waals surface area contributed by atoms with Crippen molar-refractivity contribution in [3.05, 3.63) is 28.2 Å². The van der Waals surface area contributed by atoms with E-state index >= 15 is 0 Å². The smallest absolute Gasteiger partial charge is 0.223 e. The fraction of sp³-hybridized carbons (Fsp3) is 0.650. The summed E-state index contributed by atoms with van der Waals surface area (Å²) in [6.45, 7) is 15.3. The Hall–Kier alpha value is -1.03. The number of halogens is 1. The predicted octanol–water partition coefficient (Wildman–Crippen LogP) is 5.55. The SMILES string of the molecule is CC(C)N(C(=O)CCCOc1ccc(C(C)(C)C)cc1Br)C(C)C. The number of hydrogen-bond donors (Lipinski definition) is 0. The van der Waals surface area contributed by atoms with Crippen molar-refractivity contribution in [1.29, 1.82) is 0 Å². The zero-order valence-electron chi connectivity index (χ0n) is 16.1. The number of rotatable bonds is 7. The first-order valence-electron chi connectivity index (χ1n) is 8.78. The van der Waals surface area contributed by atoms with E-state index in [1.807, 2.05) is 11.0 Å². The number of amides is 1. The van der Waals surface area contributed by atoms with Crippen LogP contribution < -0.4 is 4.74 Å². The Morgan fingerprint density at radius 2 is 1.75 bits per heavy atom. The third-order valence-electron chi connectivity index (χ3n) is 3.99. The van der Waals surface area contributed by atoms with E-state index < -0.39 is 0 Å². The van der Waals surface area contributed by atoms with E-state index in [1.54, 1.807) is 0 Å². The molecule has 0 saturated heterocycles. The van der Waals surface area contributed by atoms with Crippen LogP contribution in [0.2, 0.25) is 0 Å². The average molecular weight is 398 g/mol. The molecule has 1 amide bonds. The number of ether oxygens (including phenoxy) is 1. The zero-order chi connectivity index (χ0) is 18.5. The van der Waals surface area contributed by atoms with Crippen LogP contribution in [-0.4, -0.2) is 29.5 Å². The van der Waals surface area contributed by atoms with Crippen LogP contribution >= 0.6 is 15.9 Å². The molecular weight excluding hydrogens is 366 g/mol. The van der Waals surface area contributed by atoms with Crippen molar-refractivity contribution in [3.63, 3.8) is 0 Å². The van der Waals surface area contributed by atoms with Crippen molar-refractivity contribution in [1.82, 2.24) is 4.90 Å². The molecule has 1 aromatic carbocycles. The summed E-state index contributed by atoms with van der Waals surface area (Å²) in [5.74, 6) is 1.03. The second-order valence-electron chi connectivity index (χ2n) is 7.84. The van der Waals surface area contributed by atoms with Gasteiger partial charge in [-0.25, -0.2) is 0 Å². The molecule has 1 aromatic rings. The predicted molar refractivity (Wildman–Crippen MR) is 105 cm³/mol. The molecule has 0 saturated carbocycles. The first-order valence-corrected chi connectivity index (χ1v) is 9.57.